The summed E-state index contributed by atoms with van der Waals surface area (Å²) < 4.78 is 1.38. The molecule has 0 saturated heterocycles. The molecule has 2 heterocycles. The minimum absolute atomic E-state index is 0.0474. The van der Waals surface area contributed by atoms with Gasteiger partial charge in [-0.25, -0.2) is 4.98 Å². The van der Waals surface area contributed by atoms with Gasteiger partial charge in [0.2, 0.25) is 0 Å². The molecule has 0 radical (unpaired) electrons. The van der Waals surface area contributed by atoms with E-state index in [1.54, 1.807) is 0 Å². The number of benzene rings is 3. The summed E-state index contributed by atoms with van der Waals surface area (Å²) in [5.41, 5.74) is 7.56. The zero-order valence-corrected chi connectivity index (χ0v) is 16.7. The van der Waals surface area contributed by atoms with Gasteiger partial charge < -0.3 is 0 Å². The lowest BCUT2D eigenvalue weighted by Gasteiger charge is -2.24. The van der Waals surface area contributed by atoms with Crippen molar-refractivity contribution in [2.24, 2.45) is 0 Å². The van der Waals surface area contributed by atoms with Gasteiger partial charge in [0.1, 0.15) is 0 Å². The van der Waals surface area contributed by atoms with E-state index in [1.807, 2.05) is 11.3 Å². The zero-order chi connectivity index (χ0) is 18.9. The average Bonchev–Trinajstić information content (AvgIpc) is 3.22. The smallest absolute Gasteiger partial charge is 0.0713 e. The van der Waals surface area contributed by atoms with Gasteiger partial charge in [0.15, 0.2) is 0 Å². The SMILES string of the molecule is CC1(C)c2c(-c3ccc4ccccc4n3)cccc2-c2sc3ccccc3c21. The van der Waals surface area contributed by atoms with Gasteiger partial charge in [-0.1, -0.05) is 74.5 Å². The van der Waals surface area contributed by atoms with E-state index < -0.39 is 0 Å². The van der Waals surface area contributed by atoms with Gasteiger partial charge in [-0.15, -0.1) is 11.3 Å². The summed E-state index contributed by atoms with van der Waals surface area (Å²) in [7, 11) is 0. The number of pyridine rings is 1. The summed E-state index contributed by atoms with van der Waals surface area (Å²) in [6.07, 6.45) is 0. The van der Waals surface area contributed by atoms with Gasteiger partial charge in [0.25, 0.3) is 0 Å². The molecule has 6 rings (SSSR count). The van der Waals surface area contributed by atoms with E-state index in [0.717, 1.165) is 11.2 Å². The Hall–Kier alpha value is -2.97. The van der Waals surface area contributed by atoms with Crippen molar-refractivity contribution in [1.82, 2.24) is 4.98 Å². The van der Waals surface area contributed by atoms with E-state index in [1.165, 1.54) is 42.6 Å². The number of fused-ring (bicyclic) bond motifs is 6. The third kappa shape index (κ3) is 2.04. The van der Waals surface area contributed by atoms with Gasteiger partial charge in [-0.2, -0.15) is 0 Å². The van der Waals surface area contributed by atoms with E-state index in [9.17, 15) is 0 Å². The Morgan fingerprint density at radius 2 is 1.50 bits per heavy atom. The van der Waals surface area contributed by atoms with Crippen molar-refractivity contribution in [2.45, 2.75) is 19.3 Å². The number of hydrogen-bond acceptors (Lipinski definition) is 2. The zero-order valence-electron chi connectivity index (χ0n) is 15.9. The van der Waals surface area contributed by atoms with Gasteiger partial charge in [0.05, 0.1) is 11.2 Å². The third-order valence-corrected chi connectivity index (χ3v) is 7.23. The summed E-state index contributed by atoms with van der Waals surface area (Å²) in [5.74, 6) is 0. The maximum absolute atomic E-state index is 5.00. The predicted octanol–water partition coefficient (Wildman–Crippen LogP) is 7.42. The van der Waals surface area contributed by atoms with Gasteiger partial charge >= 0.3 is 0 Å². The molecule has 0 saturated carbocycles. The van der Waals surface area contributed by atoms with Crippen LogP contribution in [0.15, 0.2) is 78.9 Å². The Labute approximate surface area is 168 Å². The summed E-state index contributed by atoms with van der Waals surface area (Å²) in [5, 5.41) is 2.57. The Kier molecular flexibility index (Phi) is 3.16. The highest BCUT2D eigenvalue weighted by atomic mass is 32.1. The van der Waals surface area contributed by atoms with Crippen molar-refractivity contribution in [3.8, 4) is 21.7 Å². The summed E-state index contributed by atoms with van der Waals surface area (Å²) in [6, 6.07) is 28.2. The highest BCUT2D eigenvalue weighted by molar-refractivity contribution is 7.22. The first-order valence-electron chi connectivity index (χ1n) is 9.66. The molecule has 134 valence electrons. The maximum Gasteiger partial charge on any atom is 0.0713 e. The Bertz CT molecular complexity index is 1390. The minimum Gasteiger partial charge on any atom is -0.248 e. The van der Waals surface area contributed by atoms with Crippen LogP contribution in [0.25, 0.3) is 42.7 Å². The fourth-order valence-corrected chi connectivity index (χ4v) is 6.22. The molecule has 0 N–H and O–H groups in total. The fraction of sp³-hybridized carbons (Fsp3) is 0.115. The highest BCUT2D eigenvalue weighted by Gasteiger charge is 2.40. The van der Waals surface area contributed by atoms with E-state index in [0.29, 0.717) is 0 Å². The molecule has 0 fully saturated rings. The van der Waals surface area contributed by atoms with Crippen molar-refractivity contribution in [3.05, 3.63) is 90.0 Å². The molecule has 28 heavy (non-hydrogen) atoms. The molecule has 2 aromatic heterocycles. The maximum atomic E-state index is 5.00. The molecule has 0 atom stereocenters. The van der Waals surface area contributed by atoms with Crippen LogP contribution in [0.4, 0.5) is 0 Å². The van der Waals surface area contributed by atoms with Crippen molar-refractivity contribution in [1.29, 1.82) is 0 Å². The molecule has 0 aliphatic heterocycles. The summed E-state index contributed by atoms with van der Waals surface area (Å²) in [4.78, 5) is 6.42. The molecule has 0 bridgehead atoms. The third-order valence-electron chi connectivity index (χ3n) is 6.03. The monoisotopic (exact) mass is 377 g/mol. The summed E-state index contributed by atoms with van der Waals surface area (Å²) >= 11 is 1.92. The van der Waals surface area contributed by atoms with Crippen molar-refractivity contribution < 1.29 is 0 Å². The molecule has 1 aliphatic carbocycles. The molecular weight excluding hydrogens is 358 g/mol. The standard InChI is InChI=1S/C26H19NS/c1-26(2)23-17(21-15-14-16-8-3-5-12-20(16)27-21)10-7-11-19(23)25-24(26)18-9-4-6-13-22(18)28-25/h3-15H,1-2H3. The molecule has 5 aromatic rings. The molecule has 1 aliphatic rings. The first-order chi connectivity index (χ1) is 13.6. The number of hydrogen-bond donors (Lipinski definition) is 0. The van der Waals surface area contributed by atoms with Crippen molar-refractivity contribution in [3.63, 3.8) is 0 Å². The van der Waals surface area contributed by atoms with E-state index in [4.69, 9.17) is 4.98 Å². The van der Waals surface area contributed by atoms with Crippen LogP contribution in [0.5, 0.6) is 0 Å². The molecular formula is C26H19NS. The van der Waals surface area contributed by atoms with Crippen LogP contribution >= 0.6 is 11.3 Å². The largest absolute Gasteiger partial charge is 0.248 e. The molecule has 2 heteroatoms. The van der Waals surface area contributed by atoms with E-state index in [2.05, 4.69) is 92.7 Å². The molecule has 0 unspecified atom stereocenters. The second-order valence-electron chi connectivity index (χ2n) is 8.04. The lowest BCUT2D eigenvalue weighted by Crippen LogP contribution is -2.16. The molecule has 0 spiro atoms. The lowest BCUT2D eigenvalue weighted by atomic mass is 9.78. The number of nitrogens with zero attached hydrogens (tertiary/aromatic N) is 1. The van der Waals surface area contributed by atoms with Crippen LogP contribution in [0.3, 0.4) is 0 Å². The van der Waals surface area contributed by atoms with Crippen molar-refractivity contribution in [2.75, 3.05) is 0 Å². The number of thiophene rings is 1. The fourth-order valence-electron chi connectivity index (χ4n) is 4.82. The van der Waals surface area contributed by atoms with Gasteiger partial charge in [0, 0.05) is 25.9 Å². The van der Waals surface area contributed by atoms with Crippen molar-refractivity contribution >= 4 is 32.3 Å². The number of aromatic nitrogens is 1. The topological polar surface area (TPSA) is 12.9 Å². The lowest BCUT2D eigenvalue weighted by molar-refractivity contribution is 0.668. The Morgan fingerprint density at radius 3 is 2.43 bits per heavy atom. The van der Waals surface area contributed by atoms with Crippen LogP contribution in [0, 0.1) is 0 Å². The van der Waals surface area contributed by atoms with Gasteiger partial charge in [-0.05, 0) is 40.3 Å². The molecule has 0 amide bonds. The van der Waals surface area contributed by atoms with Gasteiger partial charge in [-0.3, -0.25) is 0 Å². The highest BCUT2D eigenvalue weighted by Crippen LogP contribution is 2.57. The second-order valence-corrected chi connectivity index (χ2v) is 9.10. The van der Waals surface area contributed by atoms with E-state index in [-0.39, 0.29) is 5.41 Å². The normalized spacial score (nSPS) is 14.4. The Balaban J connectivity index is 1.65. The number of rotatable bonds is 1. The van der Waals surface area contributed by atoms with Crippen LogP contribution in [0.2, 0.25) is 0 Å². The average molecular weight is 378 g/mol. The predicted molar refractivity (Wildman–Crippen MR) is 120 cm³/mol. The van der Waals surface area contributed by atoms with Crippen LogP contribution in [-0.2, 0) is 5.41 Å². The first kappa shape index (κ1) is 16.0. The van der Waals surface area contributed by atoms with Crippen LogP contribution < -0.4 is 0 Å². The Morgan fingerprint density at radius 1 is 0.714 bits per heavy atom. The summed E-state index contributed by atoms with van der Waals surface area (Å²) in [6.45, 7) is 4.72. The quantitative estimate of drug-likeness (QED) is 0.296. The molecule has 1 nitrogen and oxygen atoms in total. The van der Waals surface area contributed by atoms with Crippen LogP contribution in [-0.4, -0.2) is 4.98 Å². The molecule has 3 aromatic carbocycles. The minimum atomic E-state index is -0.0474. The second kappa shape index (κ2) is 5.52. The first-order valence-corrected chi connectivity index (χ1v) is 10.5. The van der Waals surface area contributed by atoms with E-state index >= 15 is 0 Å². The van der Waals surface area contributed by atoms with Crippen LogP contribution in [0.1, 0.15) is 25.0 Å². The number of para-hydroxylation sites is 1.